The van der Waals surface area contributed by atoms with Crippen molar-refractivity contribution in [2.75, 3.05) is 0 Å². The Morgan fingerprint density at radius 3 is 2.44 bits per heavy atom. The fourth-order valence-electron chi connectivity index (χ4n) is 8.33. The van der Waals surface area contributed by atoms with E-state index in [2.05, 4.69) is 13.8 Å². The first-order chi connectivity index (χ1) is 16.0. The number of fused-ring (bicyclic) bond motifs is 5. The first-order valence-corrected chi connectivity index (χ1v) is 14.1. The van der Waals surface area contributed by atoms with Gasteiger partial charge in [0.25, 0.3) is 10.1 Å². The van der Waals surface area contributed by atoms with Crippen LogP contribution in [0.3, 0.4) is 0 Å². The highest BCUT2D eigenvalue weighted by molar-refractivity contribution is 7.86. The molecule has 6 heteroatoms. The molecule has 4 aliphatic rings. The Hall–Kier alpha value is -1.79. The zero-order chi connectivity index (χ0) is 24.5. The standard InChI is InChI=1S/C28H36O5S/c1-17-5-8-21(9-6-17)34(31,32)33-25-16-28(4)23(18(2)29)11-12-24(28)22-10-7-19-15-20(30)13-14-27(19,3)26(22)25/h5-6,8-9,15,22-26H,7,10-14,16H2,1-4H3/t22-,23+,24-,25-,26+,27-,28+/m0/s1. The molecule has 7 atom stereocenters. The fourth-order valence-corrected chi connectivity index (χ4v) is 9.42. The molecule has 0 aliphatic heterocycles. The first-order valence-electron chi connectivity index (χ1n) is 12.7. The van der Waals surface area contributed by atoms with Gasteiger partial charge in [0.05, 0.1) is 11.0 Å². The lowest BCUT2D eigenvalue weighted by molar-refractivity contribution is -0.139. The number of aryl methyl sites for hydroxylation is 1. The molecule has 0 spiro atoms. The molecular weight excluding hydrogens is 448 g/mol. The molecule has 184 valence electrons. The molecule has 0 radical (unpaired) electrons. The molecule has 5 rings (SSSR count). The van der Waals surface area contributed by atoms with Crippen LogP contribution in [-0.2, 0) is 23.9 Å². The maximum atomic E-state index is 13.5. The molecule has 0 amide bonds. The smallest absolute Gasteiger partial charge is 0.297 e. The third-order valence-electron chi connectivity index (χ3n) is 9.92. The second-order valence-corrected chi connectivity index (χ2v) is 13.3. The highest BCUT2D eigenvalue weighted by atomic mass is 32.2. The fraction of sp³-hybridized carbons (Fsp3) is 0.643. The van der Waals surface area contributed by atoms with E-state index in [-0.39, 0.29) is 45.0 Å². The number of allylic oxidation sites excluding steroid dienone is 1. The average molecular weight is 485 g/mol. The number of carbonyl (C=O) groups excluding carboxylic acids is 2. The van der Waals surface area contributed by atoms with Crippen LogP contribution in [0.1, 0.15) is 71.3 Å². The van der Waals surface area contributed by atoms with Crippen LogP contribution in [0, 0.1) is 41.4 Å². The van der Waals surface area contributed by atoms with Crippen LogP contribution in [0.25, 0.3) is 0 Å². The van der Waals surface area contributed by atoms with Gasteiger partial charge in [-0.1, -0.05) is 37.1 Å². The van der Waals surface area contributed by atoms with Gasteiger partial charge in [-0.3, -0.25) is 13.8 Å². The van der Waals surface area contributed by atoms with E-state index in [0.29, 0.717) is 18.8 Å². The molecule has 3 fully saturated rings. The summed E-state index contributed by atoms with van der Waals surface area (Å²) in [5.74, 6) is 1.01. The maximum absolute atomic E-state index is 13.5. The number of hydrogen-bond donors (Lipinski definition) is 0. The highest BCUT2D eigenvalue weighted by Crippen LogP contribution is 2.67. The van der Waals surface area contributed by atoms with E-state index in [0.717, 1.165) is 43.2 Å². The minimum Gasteiger partial charge on any atom is -0.300 e. The molecule has 0 heterocycles. The Kier molecular flexibility index (Phi) is 5.72. The van der Waals surface area contributed by atoms with Crippen molar-refractivity contribution >= 4 is 21.7 Å². The zero-order valence-electron chi connectivity index (χ0n) is 20.7. The van der Waals surface area contributed by atoms with E-state index in [9.17, 15) is 18.0 Å². The van der Waals surface area contributed by atoms with Gasteiger partial charge >= 0.3 is 0 Å². The molecule has 0 unspecified atom stereocenters. The van der Waals surface area contributed by atoms with Crippen LogP contribution < -0.4 is 0 Å². The average Bonchev–Trinajstić information content (AvgIpc) is 3.11. The van der Waals surface area contributed by atoms with E-state index in [1.807, 2.05) is 13.0 Å². The van der Waals surface area contributed by atoms with E-state index in [1.165, 1.54) is 0 Å². The van der Waals surface area contributed by atoms with Crippen LogP contribution >= 0.6 is 0 Å². The summed E-state index contributed by atoms with van der Waals surface area (Å²) in [5.41, 5.74) is 1.64. The van der Waals surface area contributed by atoms with Crippen molar-refractivity contribution in [3.8, 4) is 0 Å². The largest absolute Gasteiger partial charge is 0.300 e. The minimum absolute atomic E-state index is 0.0182. The van der Waals surface area contributed by atoms with Crippen molar-refractivity contribution in [3.05, 3.63) is 41.5 Å². The van der Waals surface area contributed by atoms with Gasteiger partial charge in [0.1, 0.15) is 5.78 Å². The van der Waals surface area contributed by atoms with Crippen LogP contribution in [0.4, 0.5) is 0 Å². The second-order valence-electron chi connectivity index (χ2n) is 11.7. The van der Waals surface area contributed by atoms with Crippen molar-refractivity contribution in [3.63, 3.8) is 0 Å². The normalized spacial score (nSPS) is 39.6. The van der Waals surface area contributed by atoms with Gasteiger partial charge in [0, 0.05) is 12.3 Å². The quantitative estimate of drug-likeness (QED) is 0.534. The number of benzene rings is 1. The third kappa shape index (κ3) is 3.63. The Morgan fingerprint density at radius 2 is 1.76 bits per heavy atom. The molecule has 5 nitrogen and oxygen atoms in total. The summed E-state index contributed by atoms with van der Waals surface area (Å²) < 4.78 is 33.1. The Bertz CT molecular complexity index is 1150. The van der Waals surface area contributed by atoms with Crippen LogP contribution in [-0.4, -0.2) is 26.1 Å². The lowest BCUT2D eigenvalue weighted by atomic mass is 9.46. The lowest BCUT2D eigenvalue weighted by Crippen LogP contribution is -2.57. The topological polar surface area (TPSA) is 77.5 Å². The summed E-state index contributed by atoms with van der Waals surface area (Å²) in [6.45, 7) is 8.02. The molecule has 1 aromatic carbocycles. The summed E-state index contributed by atoms with van der Waals surface area (Å²) in [4.78, 5) is 25.1. The molecule has 0 bridgehead atoms. The van der Waals surface area contributed by atoms with Gasteiger partial charge in [-0.25, -0.2) is 0 Å². The van der Waals surface area contributed by atoms with Crippen LogP contribution in [0.15, 0.2) is 40.8 Å². The first kappa shape index (κ1) is 23.9. The van der Waals surface area contributed by atoms with Gasteiger partial charge < -0.3 is 0 Å². The highest BCUT2D eigenvalue weighted by Gasteiger charge is 2.63. The van der Waals surface area contributed by atoms with Crippen LogP contribution in [0.2, 0.25) is 0 Å². The molecule has 0 aromatic heterocycles. The number of Topliss-reactive ketones (excluding diaryl/α,β-unsaturated/α-hetero) is 1. The number of carbonyl (C=O) groups is 2. The zero-order valence-corrected chi connectivity index (χ0v) is 21.5. The Balaban J connectivity index is 1.58. The number of rotatable bonds is 4. The van der Waals surface area contributed by atoms with Gasteiger partial charge in [-0.2, -0.15) is 8.42 Å². The Morgan fingerprint density at radius 1 is 1.06 bits per heavy atom. The van der Waals surface area contributed by atoms with Crippen molar-refractivity contribution < 1.29 is 22.2 Å². The maximum Gasteiger partial charge on any atom is 0.297 e. The van der Waals surface area contributed by atoms with E-state index in [4.69, 9.17) is 4.18 Å². The summed E-state index contributed by atoms with van der Waals surface area (Å²) in [6, 6.07) is 6.79. The van der Waals surface area contributed by atoms with Gasteiger partial charge in [0.2, 0.25) is 0 Å². The molecule has 4 aliphatic carbocycles. The van der Waals surface area contributed by atoms with Gasteiger partial charge in [-0.05, 0) is 99.2 Å². The molecule has 0 saturated heterocycles. The van der Waals surface area contributed by atoms with Gasteiger partial charge in [0.15, 0.2) is 5.78 Å². The molecule has 3 saturated carbocycles. The van der Waals surface area contributed by atoms with Crippen molar-refractivity contribution in [1.29, 1.82) is 0 Å². The predicted octanol–water partition coefficient (Wildman–Crippen LogP) is 5.42. The number of ketones is 2. The predicted molar refractivity (Wildman–Crippen MR) is 130 cm³/mol. The van der Waals surface area contributed by atoms with Crippen molar-refractivity contribution in [2.45, 2.75) is 83.6 Å². The van der Waals surface area contributed by atoms with E-state index in [1.54, 1.807) is 31.2 Å². The van der Waals surface area contributed by atoms with Crippen LogP contribution in [0.5, 0.6) is 0 Å². The van der Waals surface area contributed by atoms with E-state index >= 15 is 0 Å². The van der Waals surface area contributed by atoms with Gasteiger partial charge in [-0.15, -0.1) is 0 Å². The SMILES string of the molecule is CC(=O)[C@H]1CC[C@H]2[C@@H]3CCC4=CC(=O)CC[C@]4(C)[C@H]3[C@@H](OS(=O)(=O)c3ccc(C)cc3)C[C@]12C. The number of hydrogen-bond acceptors (Lipinski definition) is 5. The molecule has 34 heavy (non-hydrogen) atoms. The molecule has 0 N–H and O–H groups in total. The molecule has 1 aromatic rings. The lowest BCUT2D eigenvalue weighted by Gasteiger charge is -2.60. The van der Waals surface area contributed by atoms with Crippen molar-refractivity contribution in [1.82, 2.24) is 0 Å². The summed E-state index contributed by atoms with van der Waals surface area (Å²) in [6.07, 6.45) is 6.79. The Labute approximate surface area is 203 Å². The third-order valence-corrected chi connectivity index (χ3v) is 11.3. The summed E-state index contributed by atoms with van der Waals surface area (Å²) >= 11 is 0. The van der Waals surface area contributed by atoms with Crippen molar-refractivity contribution in [2.24, 2.45) is 34.5 Å². The summed E-state index contributed by atoms with van der Waals surface area (Å²) in [5, 5.41) is 0. The summed E-state index contributed by atoms with van der Waals surface area (Å²) in [7, 11) is -3.97. The minimum atomic E-state index is -3.97. The molecular formula is C28H36O5S. The second kappa shape index (κ2) is 8.12. The van der Waals surface area contributed by atoms with E-state index < -0.39 is 16.2 Å². The monoisotopic (exact) mass is 484 g/mol.